The molecule has 0 saturated heterocycles. The van der Waals surface area contributed by atoms with E-state index < -0.39 is 0 Å². The second-order valence-corrected chi connectivity index (χ2v) is 7.19. The van der Waals surface area contributed by atoms with E-state index in [9.17, 15) is 5.11 Å². The lowest BCUT2D eigenvalue weighted by atomic mass is 9.78. The average Bonchev–Trinajstić information content (AvgIpc) is 2.27. The van der Waals surface area contributed by atoms with E-state index in [0.717, 1.165) is 25.9 Å². The zero-order valence-electron chi connectivity index (χ0n) is 12.9. The Kier molecular flexibility index (Phi) is 5.63. The Morgan fingerprint density at radius 1 is 1.39 bits per heavy atom. The van der Waals surface area contributed by atoms with Crippen LogP contribution in [0.2, 0.25) is 0 Å². The molecule has 0 amide bonds. The molecule has 18 heavy (non-hydrogen) atoms. The summed E-state index contributed by atoms with van der Waals surface area (Å²) in [5, 5.41) is 13.2. The van der Waals surface area contributed by atoms with Crippen LogP contribution in [-0.2, 0) is 0 Å². The highest BCUT2D eigenvalue weighted by Gasteiger charge is 2.37. The molecular weight excluding hydrogens is 224 g/mol. The molecule has 0 aliphatic heterocycles. The fourth-order valence-electron chi connectivity index (χ4n) is 3.32. The molecular formula is C15H32N2O. The number of nitrogens with zero attached hydrogens (tertiary/aromatic N) is 1. The summed E-state index contributed by atoms with van der Waals surface area (Å²) >= 11 is 0. The predicted octanol–water partition coefficient (Wildman–Crippen LogP) is 2.25. The van der Waals surface area contributed by atoms with Crippen molar-refractivity contribution in [2.45, 2.75) is 65.0 Å². The normalized spacial score (nSPS) is 29.8. The zero-order valence-corrected chi connectivity index (χ0v) is 12.9. The highest BCUT2D eigenvalue weighted by Crippen LogP contribution is 2.31. The van der Waals surface area contributed by atoms with Gasteiger partial charge in [-0.1, -0.05) is 27.7 Å². The lowest BCUT2D eigenvalue weighted by Gasteiger charge is -2.44. The number of aliphatic hydroxyl groups excluding tert-OH is 1. The Hall–Kier alpha value is -0.120. The molecule has 1 fully saturated rings. The molecule has 1 rings (SSSR count). The Labute approximate surface area is 113 Å². The van der Waals surface area contributed by atoms with Crippen molar-refractivity contribution in [3.63, 3.8) is 0 Å². The van der Waals surface area contributed by atoms with Gasteiger partial charge < -0.3 is 15.3 Å². The number of aliphatic hydroxyl groups is 1. The lowest BCUT2D eigenvalue weighted by molar-refractivity contribution is 0.0583. The van der Waals surface area contributed by atoms with Crippen molar-refractivity contribution in [2.75, 3.05) is 26.7 Å². The highest BCUT2D eigenvalue weighted by atomic mass is 16.3. The maximum atomic E-state index is 9.72. The molecule has 1 saturated carbocycles. The van der Waals surface area contributed by atoms with Crippen LogP contribution < -0.4 is 5.32 Å². The quantitative estimate of drug-likeness (QED) is 0.792. The van der Waals surface area contributed by atoms with Crippen molar-refractivity contribution in [2.24, 2.45) is 5.41 Å². The predicted molar refractivity (Wildman–Crippen MR) is 77.8 cm³/mol. The van der Waals surface area contributed by atoms with Crippen LogP contribution >= 0.6 is 0 Å². The van der Waals surface area contributed by atoms with Crippen LogP contribution in [0, 0.1) is 5.41 Å². The van der Waals surface area contributed by atoms with Crippen molar-refractivity contribution < 1.29 is 5.11 Å². The van der Waals surface area contributed by atoms with Crippen LogP contribution in [0.1, 0.15) is 53.4 Å². The second kappa shape index (κ2) is 6.36. The molecule has 1 aliphatic rings. The SMILES string of the molecule is CCNC1(CO)CCCC(N(C)CC(C)(C)C)C1. The topological polar surface area (TPSA) is 35.5 Å². The van der Waals surface area contributed by atoms with Gasteiger partial charge in [0.1, 0.15) is 0 Å². The average molecular weight is 256 g/mol. The van der Waals surface area contributed by atoms with Gasteiger partial charge in [-0.3, -0.25) is 0 Å². The van der Waals surface area contributed by atoms with E-state index in [1.54, 1.807) is 0 Å². The number of likely N-dealkylation sites (N-methyl/N-ethyl adjacent to an activating group) is 1. The van der Waals surface area contributed by atoms with Crippen LogP contribution in [0.4, 0.5) is 0 Å². The van der Waals surface area contributed by atoms with E-state index in [2.05, 4.69) is 45.0 Å². The molecule has 1 aliphatic carbocycles. The fourth-order valence-corrected chi connectivity index (χ4v) is 3.32. The first-order chi connectivity index (χ1) is 8.32. The molecule has 2 atom stereocenters. The standard InChI is InChI=1S/C15H32N2O/c1-6-16-15(12-18)9-7-8-13(10-15)17(5)11-14(2,3)4/h13,16,18H,6-12H2,1-5H3. The summed E-state index contributed by atoms with van der Waals surface area (Å²) in [7, 11) is 2.23. The minimum atomic E-state index is -0.0379. The van der Waals surface area contributed by atoms with Crippen molar-refractivity contribution in [3.05, 3.63) is 0 Å². The molecule has 2 unspecified atom stereocenters. The molecule has 0 aromatic carbocycles. The van der Waals surface area contributed by atoms with Crippen molar-refractivity contribution >= 4 is 0 Å². The largest absolute Gasteiger partial charge is 0.394 e. The van der Waals surface area contributed by atoms with Crippen LogP contribution in [0.25, 0.3) is 0 Å². The van der Waals surface area contributed by atoms with Gasteiger partial charge in [0.2, 0.25) is 0 Å². The molecule has 2 N–H and O–H groups in total. The summed E-state index contributed by atoms with van der Waals surface area (Å²) < 4.78 is 0. The van der Waals surface area contributed by atoms with Crippen LogP contribution in [-0.4, -0.2) is 48.3 Å². The van der Waals surface area contributed by atoms with Crippen molar-refractivity contribution in [3.8, 4) is 0 Å². The first kappa shape index (κ1) is 15.9. The van der Waals surface area contributed by atoms with Gasteiger partial charge in [-0.25, -0.2) is 0 Å². The first-order valence-corrected chi connectivity index (χ1v) is 7.38. The Morgan fingerprint density at radius 2 is 2.06 bits per heavy atom. The Balaban J connectivity index is 2.62. The second-order valence-electron chi connectivity index (χ2n) is 7.19. The number of hydrogen-bond donors (Lipinski definition) is 2. The van der Waals surface area contributed by atoms with E-state index in [0.29, 0.717) is 11.5 Å². The van der Waals surface area contributed by atoms with E-state index in [4.69, 9.17) is 0 Å². The molecule has 3 nitrogen and oxygen atoms in total. The number of nitrogens with one attached hydrogen (secondary N) is 1. The number of rotatable bonds is 5. The fraction of sp³-hybridized carbons (Fsp3) is 1.00. The summed E-state index contributed by atoms with van der Waals surface area (Å²) in [6.45, 7) is 11.3. The Bertz CT molecular complexity index is 245. The van der Waals surface area contributed by atoms with Crippen LogP contribution in [0.3, 0.4) is 0 Å². The summed E-state index contributed by atoms with van der Waals surface area (Å²) in [5.74, 6) is 0. The van der Waals surface area contributed by atoms with Crippen LogP contribution in [0.15, 0.2) is 0 Å². The zero-order chi connectivity index (χ0) is 13.8. The summed E-state index contributed by atoms with van der Waals surface area (Å²) in [5.41, 5.74) is 0.302. The van der Waals surface area contributed by atoms with E-state index in [-0.39, 0.29) is 12.1 Å². The molecule has 0 radical (unpaired) electrons. The molecule has 0 aromatic heterocycles. The van der Waals surface area contributed by atoms with Gasteiger partial charge in [-0.15, -0.1) is 0 Å². The van der Waals surface area contributed by atoms with Gasteiger partial charge >= 0.3 is 0 Å². The van der Waals surface area contributed by atoms with Crippen LogP contribution in [0.5, 0.6) is 0 Å². The van der Waals surface area contributed by atoms with Gasteiger partial charge in [0.25, 0.3) is 0 Å². The molecule has 0 bridgehead atoms. The monoisotopic (exact) mass is 256 g/mol. The molecule has 0 spiro atoms. The first-order valence-electron chi connectivity index (χ1n) is 7.38. The third-order valence-electron chi connectivity index (χ3n) is 4.02. The van der Waals surface area contributed by atoms with Gasteiger partial charge in [-0.2, -0.15) is 0 Å². The van der Waals surface area contributed by atoms with E-state index in [1.165, 1.54) is 12.8 Å². The van der Waals surface area contributed by atoms with Gasteiger partial charge in [0.15, 0.2) is 0 Å². The summed E-state index contributed by atoms with van der Waals surface area (Å²) in [4.78, 5) is 2.49. The minimum Gasteiger partial charge on any atom is -0.394 e. The van der Waals surface area contributed by atoms with E-state index >= 15 is 0 Å². The van der Waals surface area contributed by atoms with E-state index in [1.807, 2.05) is 0 Å². The van der Waals surface area contributed by atoms with Gasteiger partial charge in [0.05, 0.1) is 6.61 Å². The molecule has 0 heterocycles. The Morgan fingerprint density at radius 3 is 2.56 bits per heavy atom. The molecule has 108 valence electrons. The maximum Gasteiger partial charge on any atom is 0.0613 e. The minimum absolute atomic E-state index is 0.0379. The molecule has 0 aromatic rings. The van der Waals surface area contributed by atoms with Gasteiger partial charge in [-0.05, 0) is 44.7 Å². The number of hydrogen-bond acceptors (Lipinski definition) is 3. The smallest absolute Gasteiger partial charge is 0.0613 e. The third kappa shape index (κ3) is 4.52. The molecule has 3 heteroatoms. The third-order valence-corrected chi connectivity index (χ3v) is 4.02. The summed E-state index contributed by atoms with van der Waals surface area (Å²) in [6, 6.07) is 0.601. The van der Waals surface area contributed by atoms with Crippen molar-refractivity contribution in [1.29, 1.82) is 0 Å². The van der Waals surface area contributed by atoms with Gasteiger partial charge in [0, 0.05) is 18.1 Å². The van der Waals surface area contributed by atoms with Crippen molar-refractivity contribution in [1.82, 2.24) is 10.2 Å². The lowest BCUT2D eigenvalue weighted by Crippen LogP contribution is -2.55. The highest BCUT2D eigenvalue weighted by molar-refractivity contribution is 4.96. The maximum absolute atomic E-state index is 9.72. The summed E-state index contributed by atoms with van der Waals surface area (Å²) in [6.07, 6.45) is 4.66.